The van der Waals surface area contributed by atoms with Gasteiger partial charge in [0.25, 0.3) is 5.91 Å². The average molecular weight is 266 g/mol. The van der Waals surface area contributed by atoms with Crippen molar-refractivity contribution in [2.45, 2.75) is 5.92 Å². The molecule has 0 saturated heterocycles. The molecule has 4 nitrogen and oxygen atoms in total. The number of carbonyl (C=O) groups excluding carboxylic acids is 1. The fraction of sp³-hybridized carbons (Fsp3) is 0.125. The van der Waals surface area contributed by atoms with Crippen LogP contribution >= 0.6 is 0 Å². The van der Waals surface area contributed by atoms with Gasteiger partial charge in [0.15, 0.2) is 0 Å². The van der Waals surface area contributed by atoms with Gasteiger partial charge in [0, 0.05) is 11.5 Å². The lowest BCUT2D eigenvalue weighted by Crippen LogP contribution is -2.15. The Morgan fingerprint density at radius 3 is 2.55 bits per heavy atom. The van der Waals surface area contributed by atoms with Crippen LogP contribution in [0.4, 0.5) is 5.69 Å². The molecule has 4 heteroatoms. The first-order chi connectivity index (χ1) is 9.72. The van der Waals surface area contributed by atoms with Crippen molar-refractivity contribution in [3.8, 4) is 0 Å². The molecule has 20 heavy (non-hydrogen) atoms. The fourth-order valence-corrected chi connectivity index (χ4v) is 2.61. The van der Waals surface area contributed by atoms with Gasteiger partial charge in [-0.3, -0.25) is 10.2 Å². The molecule has 2 aromatic rings. The van der Waals surface area contributed by atoms with Gasteiger partial charge in [0.05, 0.1) is 12.3 Å². The quantitative estimate of drug-likeness (QED) is 0.796. The van der Waals surface area contributed by atoms with E-state index in [4.69, 9.17) is 5.41 Å². The van der Waals surface area contributed by atoms with Crippen molar-refractivity contribution in [1.29, 1.82) is 5.41 Å². The summed E-state index contributed by atoms with van der Waals surface area (Å²) in [6.07, 6.45) is 0. The van der Waals surface area contributed by atoms with Crippen molar-refractivity contribution >= 4 is 17.3 Å². The van der Waals surface area contributed by atoms with Crippen molar-refractivity contribution < 1.29 is 9.90 Å². The van der Waals surface area contributed by atoms with Gasteiger partial charge in [-0.2, -0.15) is 0 Å². The lowest BCUT2D eigenvalue weighted by molar-refractivity contribution is -0.110. The number of fused-ring (bicyclic) bond motifs is 1. The predicted molar refractivity (Wildman–Crippen MR) is 77.3 cm³/mol. The molecule has 100 valence electrons. The summed E-state index contributed by atoms with van der Waals surface area (Å²) in [6, 6.07) is 15.1. The largest absolute Gasteiger partial charge is 0.395 e. The minimum atomic E-state index is -0.391. The molecular formula is C16H14N2O2. The van der Waals surface area contributed by atoms with Crippen LogP contribution in [0.25, 0.3) is 0 Å². The zero-order chi connectivity index (χ0) is 14.1. The van der Waals surface area contributed by atoms with E-state index < -0.39 is 5.91 Å². The van der Waals surface area contributed by atoms with Crippen LogP contribution in [0.2, 0.25) is 0 Å². The van der Waals surface area contributed by atoms with Crippen molar-refractivity contribution in [3.63, 3.8) is 0 Å². The van der Waals surface area contributed by atoms with E-state index in [9.17, 15) is 9.90 Å². The molecule has 1 aliphatic heterocycles. The number of anilines is 1. The van der Waals surface area contributed by atoms with Gasteiger partial charge in [-0.05, 0) is 17.2 Å². The first-order valence-electron chi connectivity index (χ1n) is 6.41. The molecule has 0 bridgehead atoms. The summed E-state index contributed by atoms with van der Waals surface area (Å²) in [6.45, 7) is -0.0675. The van der Waals surface area contributed by atoms with E-state index in [-0.39, 0.29) is 18.2 Å². The number of aliphatic hydroxyl groups is 1. The Bertz CT molecular complexity index is 680. The molecular weight excluding hydrogens is 252 g/mol. The summed E-state index contributed by atoms with van der Waals surface area (Å²) in [7, 11) is 0. The van der Waals surface area contributed by atoms with Gasteiger partial charge >= 0.3 is 0 Å². The van der Waals surface area contributed by atoms with Gasteiger partial charge in [-0.25, -0.2) is 0 Å². The SMILES string of the molecule is N=C1C(=O)Nc2cccc([C@@H](CO)c3ccccc3)c21. The third kappa shape index (κ3) is 1.90. The Kier molecular flexibility index (Phi) is 3.08. The Morgan fingerprint density at radius 2 is 1.85 bits per heavy atom. The van der Waals surface area contributed by atoms with Gasteiger partial charge in [0.2, 0.25) is 0 Å². The normalized spacial score (nSPS) is 14.8. The number of benzene rings is 2. The Balaban J connectivity index is 2.14. The monoisotopic (exact) mass is 266 g/mol. The van der Waals surface area contributed by atoms with E-state index in [1.54, 1.807) is 6.07 Å². The van der Waals surface area contributed by atoms with Crippen LogP contribution in [0.15, 0.2) is 48.5 Å². The topological polar surface area (TPSA) is 73.2 Å². The maximum absolute atomic E-state index is 11.6. The maximum atomic E-state index is 11.6. The van der Waals surface area contributed by atoms with Gasteiger partial charge in [-0.15, -0.1) is 0 Å². The van der Waals surface area contributed by atoms with Gasteiger partial charge < -0.3 is 10.4 Å². The summed E-state index contributed by atoms with van der Waals surface area (Å²) in [5.41, 5.74) is 2.98. The highest BCUT2D eigenvalue weighted by atomic mass is 16.3. The Hall–Kier alpha value is -2.46. The molecule has 3 N–H and O–H groups in total. The van der Waals surface area contributed by atoms with E-state index >= 15 is 0 Å². The van der Waals surface area contributed by atoms with E-state index in [1.807, 2.05) is 42.5 Å². The van der Waals surface area contributed by atoms with E-state index in [2.05, 4.69) is 5.32 Å². The molecule has 1 atom stereocenters. The number of carbonyl (C=O) groups is 1. The molecule has 1 heterocycles. The summed E-state index contributed by atoms with van der Waals surface area (Å²) in [4.78, 5) is 11.6. The molecule has 1 aliphatic rings. The first-order valence-corrected chi connectivity index (χ1v) is 6.41. The number of rotatable bonds is 3. The zero-order valence-electron chi connectivity index (χ0n) is 10.8. The Labute approximate surface area is 116 Å². The molecule has 0 unspecified atom stereocenters. The number of nitrogens with one attached hydrogen (secondary N) is 2. The van der Waals surface area contributed by atoms with Crippen LogP contribution in [0.3, 0.4) is 0 Å². The van der Waals surface area contributed by atoms with Crippen molar-refractivity contribution in [1.82, 2.24) is 0 Å². The molecule has 0 radical (unpaired) electrons. The summed E-state index contributed by atoms with van der Waals surface area (Å²) >= 11 is 0. The zero-order valence-corrected chi connectivity index (χ0v) is 10.8. The maximum Gasteiger partial charge on any atom is 0.274 e. The molecule has 0 aliphatic carbocycles. The van der Waals surface area contributed by atoms with E-state index in [0.29, 0.717) is 11.3 Å². The van der Waals surface area contributed by atoms with Gasteiger partial charge in [0.1, 0.15) is 5.71 Å². The van der Waals surface area contributed by atoms with Crippen LogP contribution < -0.4 is 5.32 Å². The van der Waals surface area contributed by atoms with Crippen molar-refractivity contribution in [2.75, 3.05) is 11.9 Å². The third-order valence-corrected chi connectivity index (χ3v) is 3.58. The molecule has 3 rings (SSSR count). The smallest absolute Gasteiger partial charge is 0.274 e. The highest BCUT2D eigenvalue weighted by Crippen LogP contribution is 2.34. The van der Waals surface area contributed by atoms with Crippen LogP contribution in [0.5, 0.6) is 0 Å². The molecule has 2 aromatic carbocycles. The molecule has 0 saturated carbocycles. The first kappa shape index (κ1) is 12.6. The molecule has 0 fully saturated rings. The summed E-state index contributed by atoms with van der Waals surface area (Å²) < 4.78 is 0. The minimum absolute atomic E-state index is 0.0371. The third-order valence-electron chi connectivity index (χ3n) is 3.58. The second-order valence-electron chi connectivity index (χ2n) is 4.74. The van der Waals surface area contributed by atoms with Gasteiger partial charge in [-0.1, -0.05) is 42.5 Å². The summed E-state index contributed by atoms with van der Waals surface area (Å²) in [5.74, 6) is -0.628. The van der Waals surface area contributed by atoms with Crippen LogP contribution in [0, 0.1) is 5.41 Å². The molecule has 1 amide bonds. The predicted octanol–water partition coefficient (Wildman–Crippen LogP) is 2.13. The minimum Gasteiger partial charge on any atom is -0.395 e. The highest BCUT2D eigenvalue weighted by molar-refractivity contribution is 6.53. The number of aliphatic hydroxyl groups excluding tert-OH is 1. The van der Waals surface area contributed by atoms with Crippen molar-refractivity contribution in [2.24, 2.45) is 0 Å². The summed E-state index contributed by atoms with van der Waals surface area (Å²) in [5, 5.41) is 20.3. The number of hydrogen-bond acceptors (Lipinski definition) is 3. The molecule has 0 spiro atoms. The average Bonchev–Trinajstić information content (AvgIpc) is 2.77. The van der Waals surface area contributed by atoms with E-state index in [0.717, 1.165) is 11.1 Å². The lowest BCUT2D eigenvalue weighted by atomic mass is 9.87. The highest BCUT2D eigenvalue weighted by Gasteiger charge is 2.29. The Morgan fingerprint density at radius 1 is 1.10 bits per heavy atom. The number of hydrogen-bond donors (Lipinski definition) is 3. The lowest BCUT2D eigenvalue weighted by Gasteiger charge is -2.18. The number of amides is 1. The van der Waals surface area contributed by atoms with Crippen LogP contribution in [0.1, 0.15) is 22.6 Å². The molecule has 0 aromatic heterocycles. The van der Waals surface area contributed by atoms with Crippen LogP contribution in [-0.2, 0) is 4.79 Å². The van der Waals surface area contributed by atoms with E-state index in [1.165, 1.54) is 0 Å². The second-order valence-corrected chi connectivity index (χ2v) is 4.74. The van der Waals surface area contributed by atoms with Crippen molar-refractivity contribution in [3.05, 3.63) is 65.2 Å². The second kappa shape index (κ2) is 4.90. The fourth-order valence-electron chi connectivity index (χ4n) is 2.61. The standard InChI is InChI=1S/C16H14N2O2/c17-15-14-11(7-4-8-13(14)18-16(15)20)12(9-19)10-5-2-1-3-6-10/h1-8,12,19H,9H2,(H2,17,18,20)/t12-/m0/s1. The van der Waals surface area contributed by atoms with Crippen LogP contribution in [-0.4, -0.2) is 23.3 Å².